The van der Waals surface area contributed by atoms with Gasteiger partial charge in [-0.3, -0.25) is 4.90 Å². The van der Waals surface area contributed by atoms with Gasteiger partial charge < -0.3 is 57.0 Å². The van der Waals surface area contributed by atoms with Crippen LogP contribution in [0.15, 0.2) is 94.2 Å². The maximum absolute atomic E-state index is 12.1. The summed E-state index contributed by atoms with van der Waals surface area (Å²) in [6.45, 7) is 8.78. The Morgan fingerprint density at radius 3 is 1.57 bits per heavy atom. The minimum atomic E-state index is -0.309. The number of hydrogen-bond acceptors (Lipinski definition) is 15. The van der Waals surface area contributed by atoms with Crippen molar-refractivity contribution >= 4 is 74.6 Å². The number of methoxy groups -OCH3 is 4. The summed E-state index contributed by atoms with van der Waals surface area (Å²) >= 11 is 12.9. The van der Waals surface area contributed by atoms with E-state index in [-0.39, 0.29) is 18.4 Å². The number of fused-ring (bicyclic) bond motifs is 2. The van der Waals surface area contributed by atoms with E-state index in [9.17, 15) is 14.4 Å². The fraction of sp³-hybridized carbons (Fsp3) is 0.383. The first-order valence-electron chi connectivity index (χ1n) is 26.8. The summed E-state index contributed by atoms with van der Waals surface area (Å²) in [6.07, 6.45) is 10.1. The van der Waals surface area contributed by atoms with Gasteiger partial charge >= 0.3 is 11.9 Å². The zero-order valence-corrected chi connectivity index (χ0v) is 47.0. The second kappa shape index (κ2) is 24.4. The highest BCUT2D eigenvalue weighted by Gasteiger charge is 2.35. The predicted octanol–water partition coefficient (Wildman–Crippen LogP) is 10.5. The Morgan fingerprint density at radius 1 is 0.646 bits per heavy atom. The molecule has 12 rings (SSSR count). The minimum absolute atomic E-state index is 0.277. The van der Waals surface area contributed by atoms with Crippen molar-refractivity contribution < 1.29 is 42.4 Å². The van der Waals surface area contributed by atoms with E-state index in [0.29, 0.717) is 55.8 Å². The smallest absolute Gasteiger partial charge is 0.340 e. The van der Waals surface area contributed by atoms with Gasteiger partial charge in [0.25, 0.3) is 0 Å². The number of rotatable bonds is 15. The van der Waals surface area contributed by atoms with Crippen LogP contribution in [0, 0.1) is 0 Å². The number of benzene rings is 4. The molecule has 4 aliphatic rings. The van der Waals surface area contributed by atoms with Crippen molar-refractivity contribution in [2.45, 2.75) is 50.4 Å². The Kier molecular flexibility index (Phi) is 17.0. The number of aryl methyl sites for hydroxylation is 2. The number of nitrogens with one attached hydrogen (secondary N) is 1. The molecule has 0 spiro atoms. The lowest BCUT2D eigenvalue weighted by Gasteiger charge is -2.36. The Hall–Kier alpha value is -7.31. The van der Waals surface area contributed by atoms with Crippen molar-refractivity contribution in [1.29, 1.82) is 0 Å². The third-order valence-corrected chi connectivity index (χ3v) is 16.0. The molecule has 0 unspecified atom stereocenters. The molecule has 2 aliphatic carbocycles. The second-order valence-electron chi connectivity index (χ2n) is 20.3. The first-order valence-corrected chi connectivity index (χ1v) is 27.5. The maximum Gasteiger partial charge on any atom is 0.340 e. The minimum Gasteiger partial charge on any atom is -0.496 e. The maximum atomic E-state index is 12.1. The van der Waals surface area contributed by atoms with E-state index in [1.54, 1.807) is 20.3 Å². The molecule has 79 heavy (non-hydrogen) atoms. The molecule has 19 heteroatoms. The molecule has 17 nitrogen and oxygen atoms in total. The lowest BCUT2D eigenvalue weighted by Crippen LogP contribution is -2.47. The van der Waals surface area contributed by atoms with E-state index in [0.717, 1.165) is 153 Å². The molecule has 4 fully saturated rings. The summed E-state index contributed by atoms with van der Waals surface area (Å²) in [6, 6.07) is 23.6. The Balaban J connectivity index is 0.000000148. The summed E-state index contributed by atoms with van der Waals surface area (Å²) in [5, 5.41) is 15.0. The molecule has 0 atom stereocenters. The zero-order valence-electron chi connectivity index (χ0n) is 45.5. The number of aldehydes is 1. The van der Waals surface area contributed by atoms with Gasteiger partial charge in [0.05, 0.1) is 71.8 Å². The summed E-state index contributed by atoms with van der Waals surface area (Å²) in [4.78, 5) is 42.2. The van der Waals surface area contributed by atoms with Crippen molar-refractivity contribution in [2.24, 2.45) is 14.1 Å². The molecule has 0 bridgehead atoms. The van der Waals surface area contributed by atoms with Gasteiger partial charge in [-0.25, -0.2) is 9.59 Å². The summed E-state index contributed by atoms with van der Waals surface area (Å²) in [5.74, 6) is 3.41. The number of hydrogen-bond donors (Lipinski definition) is 1. The molecule has 2 aliphatic heterocycles. The molecule has 414 valence electrons. The van der Waals surface area contributed by atoms with Crippen molar-refractivity contribution in [3.8, 4) is 34.0 Å². The molecule has 2 saturated carbocycles. The molecule has 4 aromatic heterocycles. The van der Waals surface area contributed by atoms with Crippen LogP contribution in [0.1, 0.15) is 80.9 Å². The number of halogens is 2. The van der Waals surface area contributed by atoms with Crippen molar-refractivity contribution in [3.05, 3.63) is 129 Å². The fourth-order valence-electron chi connectivity index (χ4n) is 10.8. The van der Waals surface area contributed by atoms with Gasteiger partial charge in [-0.2, -0.15) is 0 Å². The van der Waals surface area contributed by atoms with Crippen LogP contribution in [0.2, 0.25) is 10.0 Å². The standard InChI is InChI=1S/C30H33ClN4O4.C15H14ClNO3.C15H19N3O2/c1-33-18-23(30(36)38-3)21-10-9-20(17-25(21)33)35-15-13-34(14-16-35)12-11-22-28(32-39-29(22)19-7-8-19)27-24(31)5-4-6-26(27)37-2;1-19-12-4-2-3-11(16)13(12)14-10(7-8-18)15(20-17-14)9-5-6-9;1-17-10-13(15(19)20-2)12-4-3-11(9-14(12)17)18-7-5-16-6-8-18/h4-6,9-10,17-19H,7-8,11-16H2,1-3H3;2-4,8-9H,5-7H2,1H3;3-4,9-10,16H,5-8H2,1-2H3. The van der Waals surface area contributed by atoms with Gasteiger partial charge in [0, 0.05) is 137 Å². The average molecular weight is 1110 g/mol. The number of piperazine rings is 2. The fourth-order valence-corrected chi connectivity index (χ4v) is 11.3. The van der Waals surface area contributed by atoms with Crippen molar-refractivity contribution in [2.75, 3.05) is 97.1 Å². The highest BCUT2D eigenvalue weighted by atomic mass is 35.5. The molecular formula is C60H66Cl2N8O9. The summed E-state index contributed by atoms with van der Waals surface area (Å²) < 4.78 is 36.1. The van der Waals surface area contributed by atoms with E-state index >= 15 is 0 Å². The zero-order chi connectivity index (χ0) is 55.3. The average Bonchev–Trinajstić information content (AvgIpc) is 4.54. The van der Waals surface area contributed by atoms with Crippen LogP contribution in [-0.2, 0) is 41.2 Å². The van der Waals surface area contributed by atoms with E-state index in [1.165, 1.54) is 25.6 Å². The van der Waals surface area contributed by atoms with Crippen molar-refractivity contribution in [3.63, 3.8) is 0 Å². The molecule has 4 aromatic carbocycles. The van der Waals surface area contributed by atoms with Gasteiger partial charge in [0.2, 0.25) is 0 Å². The largest absolute Gasteiger partial charge is 0.496 e. The second-order valence-corrected chi connectivity index (χ2v) is 21.1. The number of ether oxygens (including phenoxy) is 4. The van der Waals surface area contributed by atoms with Crippen LogP contribution in [0.4, 0.5) is 11.4 Å². The van der Waals surface area contributed by atoms with Crippen LogP contribution in [0.3, 0.4) is 0 Å². The van der Waals surface area contributed by atoms with Gasteiger partial charge in [0.15, 0.2) is 0 Å². The number of carbonyl (C=O) groups is 3. The third-order valence-electron chi connectivity index (χ3n) is 15.3. The quantitative estimate of drug-likeness (QED) is 0.0759. The lowest BCUT2D eigenvalue weighted by atomic mass is 10.0. The van der Waals surface area contributed by atoms with Crippen LogP contribution < -0.4 is 24.6 Å². The van der Waals surface area contributed by atoms with Crippen LogP contribution >= 0.6 is 23.2 Å². The number of esters is 2. The highest BCUT2D eigenvalue weighted by Crippen LogP contribution is 2.48. The highest BCUT2D eigenvalue weighted by molar-refractivity contribution is 6.34. The van der Waals surface area contributed by atoms with E-state index < -0.39 is 0 Å². The third kappa shape index (κ3) is 11.7. The first-order chi connectivity index (χ1) is 38.4. The first kappa shape index (κ1) is 55.0. The molecule has 8 aromatic rings. The Morgan fingerprint density at radius 2 is 1.11 bits per heavy atom. The molecule has 0 radical (unpaired) electrons. The van der Waals surface area contributed by atoms with Crippen LogP contribution in [0.5, 0.6) is 11.5 Å². The van der Waals surface area contributed by atoms with E-state index in [4.69, 9.17) is 51.2 Å². The molecule has 2 saturated heterocycles. The molecule has 1 N–H and O–H groups in total. The Labute approximate surface area is 469 Å². The SMILES string of the molecule is COC(=O)c1cn(C)c2cc(N3CCN(CCc4c(-c5c(Cl)cccc5OC)noc4C4CC4)CC3)ccc12.COC(=O)c1cn(C)c2cc(N3CCNCC3)ccc12.COc1cccc(Cl)c1-c1noc(C2CC2)c1CC=O. The van der Waals surface area contributed by atoms with E-state index in [2.05, 4.69) is 54.6 Å². The van der Waals surface area contributed by atoms with Gasteiger partial charge in [0.1, 0.15) is 40.7 Å². The van der Waals surface area contributed by atoms with E-state index in [1.807, 2.05) is 78.1 Å². The lowest BCUT2D eigenvalue weighted by molar-refractivity contribution is -0.107. The number of anilines is 2. The molecule has 0 amide bonds. The monoisotopic (exact) mass is 1110 g/mol. The van der Waals surface area contributed by atoms with Gasteiger partial charge in [-0.05, 0) is 92.8 Å². The molecular weight excluding hydrogens is 1050 g/mol. The topological polar surface area (TPSA) is 172 Å². The number of carbonyl (C=O) groups excluding carboxylic acids is 3. The van der Waals surface area contributed by atoms with Crippen molar-refractivity contribution in [1.82, 2.24) is 29.7 Å². The number of nitrogens with zero attached hydrogens (tertiary/aromatic N) is 7. The number of aromatic nitrogens is 4. The molecule has 6 heterocycles. The Bertz CT molecular complexity index is 3490. The summed E-state index contributed by atoms with van der Waals surface area (Å²) in [7, 11) is 9.98. The predicted molar refractivity (Wildman–Crippen MR) is 307 cm³/mol. The van der Waals surface area contributed by atoms with Gasteiger partial charge in [-0.15, -0.1) is 0 Å². The normalized spacial score (nSPS) is 15.5. The van der Waals surface area contributed by atoms with Gasteiger partial charge in [-0.1, -0.05) is 45.6 Å². The van der Waals surface area contributed by atoms with Crippen LogP contribution in [-0.4, -0.2) is 130 Å². The summed E-state index contributed by atoms with van der Waals surface area (Å²) in [5.41, 5.74) is 10.6. The van der Waals surface area contributed by atoms with Crippen LogP contribution in [0.25, 0.3) is 44.3 Å².